The van der Waals surface area contributed by atoms with Gasteiger partial charge in [0.05, 0.1) is 12.7 Å². The van der Waals surface area contributed by atoms with Gasteiger partial charge in [-0.3, -0.25) is 0 Å². The monoisotopic (exact) mass is 264 g/mol. The second-order valence-corrected chi connectivity index (χ2v) is 4.78. The Morgan fingerprint density at radius 3 is 2.44 bits per heavy atom. The highest BCUT2D eigenvalue weighted by Gasteiger charge is 2.44. The van der Waals surface area contributed by atoms with Crippen molar-refractivity contribution in [1.82, 2.24) is 0 Å². The lowest BCUT2D eigenvalue weighted by Gasteiger charge is -2.41. The summed E-state index contributed by atoms with van der Waals surface area (Å²) in [5, 5.41) is 37.9. The first-order chi connectivity index (χ1) is 8.51. The Morgan fingerprint density at radius 1 is 1.22 bits per heavy atom. The molecular weight excluding hydrogens is 240 g/mol. The summed E-state index contributed by atoms with van der Waals surface area (Å²) in [6.45, 7) is 3.56. The third kappa shape index (κ3) is 3.88. The van der Waals surface area contributed by atoms with Gasteiger partial charge in [-0.2, -0.15) is 0 Å². The van der Waals surface area contributed by atoms with Gasteiger partial charge in [-0.25, -0.2) is 0 Å². The molecule has 0 bridgehead atoms. The molecule has 4 N–H and O–H groups in total. The Kier molecular flexibility index (Phi) is 6.48. The number of hydrogen-bond donors (Lipinski definition) is 4. The number of aliphatic hydroxyl groups is 4. The third-order valence-electron chi connectivity index (χ3n) is 3.19. The van der Waals surface area contributed by atoms with E-state index in [-0.39, 0.29) is 12.7 Å². The highest BCUT2D eigenvalue weighted by Crippen LogP contribution is 2.24. The zero-order valence-corrected chi connectivity index (χ0v) is 10.9. The molecule has 1 aliphatic rings. The highest BCUT2D eigenvalue weighted by molar-refractivity contribution is 4.90. The molecule has 6 unspecified atom stereocenters. The zero-order chi connectivity index (χ0) is 13.7. The molecule has 0 aromatic carbocycles. The largest absolute Gasteiger partial charge is 0.394 e. The SMILES string of the molecule is CCCCC(C)OC1C(CO)OC(O)C(O)C1O. The van der Waals surface area contributed by atoms with E-state index in [0.717, 1.165) is 19.3 Å². The molecule has 1 heterocycles. The second-order valence-electron chi connectivity index (χ2n) is 4.78. The van der Waals surface area contributed by atoms with Crippen LogP contribution in [0.5, 0.6) is 0 Å². The van der Waals surface area contributed by atoms with Crippen LogP contribution in [0.15, 0.2) is 0 Å². The predicted molar refractivity (Wildman–Crippen MR) is 63.8 cm³/mol. The summed E-state index contributed by atoms with van der Waals surface area (Å²) >= 11 is 0. The van der Waals surface area contributed by atoms with Gasteiger partial charge in [0.2, 0.25) is 0 Å². The van der Waals surface area contributed by atoms with Crippen LogP contribution in [-0.4, -0.2) is 63.8 Å². The molecule has 6 atom stereocenters. The summed E-state index contributed by atoms with van der Waals surface area (Å²) in [6, 6.07) is 0. The third-order valence-corrected chi connectivity index (χ3v) is 3.19. The normalized spacial score (nSPS) is 38.7. The molecule has 1 fully saturated rings. The van der Waals surface area contributed by atoms with Crippen LogP contribution in [0.4, 0.5) is 0 Å². The van der Waals surface area contributed by atoms with Crippen LogP contribution in [0.2, 0.25) is 0 Å². The van der Waals surface area contributed by atoms with Crippen molar-refractivity contribution in [1.29, 1.82) is 0 Å². The molecule has 18 heavy (non-hydrogen) atoms. The van der Waals surface area contributed by atoms with E-state index in [1.807, 2.05) is 6.92 Å². The van der Waals surface area contributed by atoms with E-state index in [0.29, 0.717) is 0 Å². The number of unbranched alkanes of at least 4 members (excludes halogenated alkanes) is 1. The lowest BCUT2D eigenvalue weighted by Crippen LogP contribution is -2.59. The van der Waals surface area contributed by atoms with Crippen LogP contribution >= 0.6 is 0 Å². The van der Waals surface area contributed by atoms with Crippen molar-refractivity contribution < 1.29 is 29.9 Å². The molecule has 0 radical (unpaired) electrons. The standard InChI is InChI=1S/C12H24O6/c1-3-4-5-7(2)17-11-8(6-13)18-12(16)10(15)9(11)14/h7-16H,3-6H2,1-2H3. The molecule has 6 nitrogen and oxygen atoms in total. The van der Waals surface area contributed by atoms with Crippen LogP contribution in [0, 0.1) is 0 Å². The molecule has 1 saturated heterocycles. The van der Waals surface area contributed by atoms with Gasteiger partial charge < -0.3 is 29.9 Å². The fraction of sp³-hybridized carbons (Fsp3) is 1.00. The van der Waals surface area contributed by atoms with Gasteiger partial charge in [0, 0.05) is 0 Å². The number of hydrogen-bond acceptors (Lipinski definition) is 6. The fourth-order valence-electron chi connectivity index (χ4n) is 2.06. The zero-order valence-electron chi connectivity index (χ0n) is 10.9. The van der Waals surface area contributed by atoms with Gasteiger partial charge in [-0.05, 0) is 13.3 Å². The minimum absolute atomic E-state index is 0.107. The highest BCUT2D eigenvalue weighted by atomic mass is 16.7. The van der Waals surface area contributed by atoms with E-state index in [9.17, 15) is 15.3 Å². The van der Waals surface area contributed by atoms with Gasteiger partial charge >= 0.3 is 0 Å². The molecular formula is C12H24O6. The van der Waals surface area contributed by atoms with E-state index >= 15 is 0 Å². The fourth-order valence-corrected chi connectivity index (χ4v) is 2.06. The van der Waals surface area contributed by atoms with E-state index < -0.39 is 30.7 Å². The topological polar surface area (TPSA) is 99.4 Å². The smallest absolute Gasteiger partial charge is 0.184 e. The second kappa shape index (κ2) is 7.37. The summed E-state index contributed by atoms with van der Waals surface area (Å²) in [6.07, 6.45) is -3.08. The summed E-state index contributed by atoms with van der Waals surface area (Å²) in [5.74, 6) is 0. The van der Waals surface area contributed by atoms with E-state index in [1.54, 1.807) is 0 Å². The average Bonchev–Trinajstić information content (AvgIpc) is 2.36. The maximum Gasteiger partial charge on any atom is 0.184 e. The molecule has 0 aliphatic carbocycles. The quantitative estimate of drug-likeness (QED) is 0.510. The lowest BCUT2D eigenvalue weighted by molar-refractivity contribution is -0.299. The van der Waals surface area contributed by atoms with Crippen molar-refractivity contribution in [2.75, 3.05) is 6.61 Å². The molecule has 6 heteroatoms. The summed E-state index contributed by atoms with van der Waals surface area (Å²) in [7, 11) is 0. The van der Waals surface area contributed by atoms with Crippen LogP contribution < -0.4 is 0 Å². The van der Waals surface area contributed by atoms with Crippen LogP contribution in [0.25, 0.3) is 0 Å². The minimum atomic E-state index is -1.50. The van der Waals surface area contributed by atoms with Gasteiger partial charge in [0.15, 0.2) is 6.29 Å². The van der Waals surface area contributed by atoms with E-state index in [1.165, 1.54) is 0 Å². The maximum atomic E-state index is 9.86. The van der Waals surface area contributed by atoms with Crippen LogP contribution in [0.3, 0.4) is 0 Å². The van der Waals surface area contributed by atoms with Crippen molar-refractivity contribution >= 4 is 0 Å². The Bertz CT molecular complexity index is 235. The van der Waals surface area contributed by atoms with E-state index in [2.05, 4.69) is 6.92 Å². The number of ether oxygens (including phenoxy) is 2. The number of rotatable bonds is 6. The Labute approximate surface area is 107 Å². The van der Waals surface area contributed by atoms with E-state index in [4.69, 9.17) is 14.6 Å². The maximum absolute atomic E-state index is 9.86. The van der Waals surface area contributed by atoms with Crippen molar-refractivity contribution in [3.63, 3.8) is 0 Å². The molecule has 0 amide bonds. The first kappa shape index (κ1) is 15.8. The predicted octanol–water partition coefficient (Wildman–Crippen LogP) is -0.618. The molecule has 0 spiro atoms. The Morgan fingerprint density at radius 2 is 1.89 bits per heavy atom. The minimum Gasteiger partial charge on any atom is -0.394 e. The van der Waals surface area contributed by atoms with Crippen molar-refractivity contribution in [2.45, 2.75) is 69.9 Å². The molecule has 0 aromatic heterocycles. The average molecular weight is 264 g/mol. The molecule has 0 aromatic rings. The number of aliphatic hydroxyl groups excluding tert-OH is 4. The molecule has 1 aliphatic heterocycles. The van der Waals surface area contributed by atoms with Crippen molar-refractivity contribution in [2.24, 2.45) is 0 Å². The molecule has 0 saturated carbocycles. The lowest BCUT2D eigenvalue weighted by atomic mass is 9.98. The van der Waals surface area contributed by atoms with Gasteiger partial charge in [-0.1, -0.05) is 19.8 Å². The van der Waals surface area contributed by atoms with Crippen molar-refractivity contribution in [3.8, 4) is 0 Å². The molecule has 108 valence electrons. The summed E-state index contributed by atoms with van der Waals surface area (Å²) in [5.41, 5.74) is 0. The van der Waals surface area contributed by atoms with Crippen molar-refractivity contribution in [3.05, 3.63) is 0 Å². The van der Waals surface area contributed by atoms with Gasteiger partial charge in [0.25, 0.3) is 0 Å². The summed E-state index contributed by atoms with van der Waals surface area (Å²) in [4.78, 5) is 0. The van der Waals surface area contributed by atoms with Crippen LogP contribution in [-0.2, 0) is 9.47 Å². The first-order valence-electron chi connectivity index (χ1n) is 6.47. The van der Waals surface area contributed by atoms with Gasteiger partial charge in [-0.15, -0.1) is 0 Å². The Hall–Kier alpha value is -0.240. The molecule has 1 rings (SSSR count). The summed E-state index contributed by atoms with van der Waals surface area (Å²) < 4.78 is 10.6. The van der Waals surface area contributed by atoms with Crippen LogP contribution in [0.1, 0.15) is 33.1 Å². The van der Waals surface area contributed by atoms with Gasteiger partial charge in [0.1, 0.15) is 24.4 Å². The first-order valence-corrected chi connectivity index (χ1v) is 6.47. The Balaban J connectivity index is 2.59.